The number of benzene rings is 3. The lowest BCUT2D eigenvalue weighted by molar-refractivity contribution is 0.0992. The van der Waals surface area contributed by atoms with E-state index >= 15 is 0 Å². The van der Waals surface area contributed by atoms with Crippen LogP contribution in [0.2, 0.25) is 0 Å². The van der Waals surface area contributed by atoms with Crippen molar-refractivity contribution in [1.82, 2.24) is 0 Å². The number of para-hydroxylation sites is 2. The summed E-state index contributed by atoms with van der Waals surface area (Å²) in [6.45, 7) is 0. The van der Waals surface area contributed by atoms with Gasteiger partial charge in [0.1, 0.15) is 5.75 Å². The van der Waals surface area contributed by atoms with E-state index in [0.717, 1.165) is 39.5 Å². The third-order valence-electron chi connectivity index (χ3n) is 5.29. The molecule has 0 radical (unpaired) electrons. The predicted molar refractivity (Wildman–Crippen MR) is 106 cm³/mol. The summed E-state index contributed by atoms with van der Waals surface area (Å²) in [5.41, 5.74) is 5.57. The average molecular weight is 354 g/mol. The molecule has 4 heteroatoms. The Morgan fingerprint density at radius 3 is 2.52 bits per heavy atom. The van der Waals surface area contributed by atoms with Gasteiger partial charge in [-0.05, 0) is 53.6 Å². The smallest absolute Gasteiger partial charge is 0.259 e. The van der Waals surface area contributed by atoms with Crippen LogP contribution in [0.3, 0.4) is 0 Å². The maximum atomic E-state index is 13.1. The molecule has 0 spiro atoms. The highest BCUT2D eigenvalue weighted by Crippen LogP contribution is 2.45. The molecule has 0 N–H and O–H groups in total. The standard InChI is InChI=1S/C23H18N2O2/c1-27-16-12-10-15(11-13-16)20-14-22-17-6-2-3-7-18(17)23(26)25(22)21-9-5-4-8-19(21)24-20/h2-13,22H,14H2,1H3. The lowest BCUT2D eigenvalue weighted by Crippen LogP contribution is -2.28. The summed E-state index contributed by atoms with van der Waals surface area (Å²) >= 11 is 0. The normalized spacial score (nSPS) is 17.5. The number of hydrogen-bond acceptors (Lipinski definition) is 3. The molecular formula is C23H18N2O2. The van der Waals surface area contributed by atoms with Gasteiger partial charge in [-0.15, -0.1) is 0 Å². The summed E-state index contributed by atoms with van der Waals surface area (Å²) in [5, 5.41) is 0. The van der Waals surface area contributed by atoms with Gasteiger partial charge in [-0.1, -0.05) is 30.3 Å². The average Bonchev–Trinajstić information content (AvgIpc) is 2.89. The van der Waals surface area contributed by atoms with E-state index in [1.54, 1.807) is 7.11 Å². The highest BCUT2D eigenvalue weighted by molar-refractivity contribution is 6.15. The van der Waals surface area contributed by atoms with Gasteiger partial charge in [-0.2, -0.15) is 0 Å². The van der Waals surface area contributed by atoms with Crippen molar-refractivity contribution >= 4 is 23.0 Å². The van der Waals surface area contributed by atoms with Gasteiger partial charge in [-0.25, -0.2) is 0 Å². The van der Waals surface area contributed by atoms with E-state index in [9.17, 15) is 4.79 Å². The van der Waals surface area contributed by atoms with Gasteiger partial charge in [0.15, 0.2) is 0 Å². The van der Waals surface area contributed by atoms with Crippen molar-refractivity contribution in [3.8, 4) is 5.75 Å². The molecule has 0 saturated heterocycles. The molecule has 4 nitrogen and oxygen atoms in total. The molecule has 0 fully saturated rings. The molecule has 2 heterocycles. The second-order valence-corrected chi connectivity index (χ2v) is 6.76. The van der Waals surface area contributed by atoms with Crippen LogP contribution in [0.25, 0.3) is 0 Å². The van der Waals surface area contributed by atoms with Crippen molar-refractivity contribution in [2.75, 3.05) is 12.0 Å². The third-order valence-corrected chi connectivity index (χ3v) is 5.29. The number of ether oxygens (including phenoxy) is 1. The highest BCUT2D eigenvalue weighted by Gasteiger charge is 2.40. The van der Waals surface area contributed by atoms with Gasteiger partial charge in [0.25, 0.3) is 5.91 Å². The first-order chi connectivity index (χ1) is 13.3. The molecule has 2 aliphatic rings. The summed E-state index contributed by atoms with van der Waals surface area (Å²) in [5.74, 6) is 0.866. The van der Waals surface area contributed by atoms with E-state index < -0.39 is 0 Å². The first-order valence-electron chi connectivity index (χ1n) is 9.00. The van der Waals surface area contributed by atoms with Gasteiger partial charge < -0.3 is 4.74 Å². The van der Waals surface area contributed by atoms with E-state index in [1.165, 1.54) is 0 Å². The fourth-order valence-electron chi connectivity index (χ4n) is 3.97. The second-order valence-electron chi connectivity index (χ2n) is 6.76. The molecule has 3 aromatic rings. The van der Waals surface area contributed by atoms with E-state index in [2.05, 4.69) is 6.07 Å². The van der Waals surface area contributed by atoms with E-state index in [0.29, 0.717) is 6.42 Å². The number of aliphatic imine (C=N–C) groups is 1. The van der Waals surface area contributed by atoms with Crippen LogP contribution in [-0.2, 0) is 0 Å². The zero-order chi connectivity index (χ0) is 18.4. The lowest BCUT2D eigenvalue weighted by Gasteiger charge is -2.24. The number of hydrogen-bond donors (Lipinski definition) is 0. The van der Waals surface area contributed by atoms with Crippen LogP contribution in [-0.4, -0.2) is 18.7 Å². The Hall–Kier alpha value is -3.40. The van der Waals surface area contributed by atoms with E-state index in [-0.39, 0.29) is 11.9 Å². The molecule has 0 saturated carbocycles. The first kappa shape index (κ1) is 15.8. The maximum absolute atomic E-state index is 13.1. The Kier molecular flexibility index (Phi) is 3.57. The van der Waals surface area contributed by atoms with Crippen molar-refractivity contribution in [2.45, 2.75) is 12.5 Å². The van der Waals surface area contributed by atoms with Crippen LogP contribution >= 0.6 is 0 Å². The molecule has 0 bridgehead atoms. The number of nitrogens with zero attached hydrogens (tertiary/aromatic N) is 2. The van der Waals surface area contributed by atoms with Crippen molar-refractivity contribution < 1.29 is 9.53 Å². The van der Waals surface area contributed by atoms with Crippen molar-refractivity contribution in [3.63, 3.8) is 0 Å². The highest BCUT2D eigenvalue weighted by atomic mass is 16.5. The number of carbonyl (C=O) groups is 1. The molecule has 3 aromatic carbocycles. The van der Waals surface area contributed by atoms with Gasteiger partial charge in [0.05, 0.1) is 30.2 Å². The largest absolute Gasteiger partial charge is 0.497 e. The zero-order valence-electron chi connectivity index (χ0n) is 14.9. The van der Waals surface area contributed by atoms with Crippen molar-refractivity contribution in [1.29, 1.82) is 0 Å². The van der Waals surface area contributed by atoms with Crippen LogP contribution in [0.4, 0.5) is 11.4 Å². The number of rotatable bonds is 2. The van der Waals surface area contributed by atoms with Crippen molar-refractivity contribution in [3.05, 3.63) is 89.5 Å². The minimum atomic E-state index is -0.0433. The van der Waals surface area contributed by atoms with Gasteiger partial charge >= 0.3 is 0 Å². The topological polar surface area (TPSA) is 41.9 Å². The monoisotopic (exact) mass is 354 g/mol. The Bertz CT molecular complexity index is 1070. The Morgan fingerprint density at radius 1 is 0.963 bits per heavy atom. The minimum Gasteiger partial charge on any atom is -0.497 e. The third kappa shape index (κ3) is 2.45. The quantitative estimate of drug-likeness (QED) is 0.655. The molecule has 0 aliphatic carbocycles. The fourth-order valence-corrected chi connectivity index (χ4v) is 3.97. The Labute approximate surface area is 157 Å². The molecule has 1 unspecified atom stereocenters. The zero-order valence-corrected chi connectivity index (χ0v) is 14.9. The van der Waals surface area contributed by atoms with Gasteiger partial charge in [0.2, 0.25) is 0 Å². The number of fused-ring (bicyclic) bond motifs is 5. The first-order valence-corrected chi connectivity index (χ1v) is 9.00. The Balaban J connectivity index is 1.68. The van der Waals surface area contributed by atoms with Crippen LogP contribution in [0, 0.1) is 0 Å². The summed E-state index contributed by atoms with van der Waals surface area (Å²) in [6.07, 6.45) is 0.670. The minimum absolute atomic E-state index is 0.0433. The maximum Gasteiger partial charge on any atom is 0.259 e. The second kappa shape index (κ2) is 6.09. The molecule has 27 heavy (non-hydrogen) atoms. The van der Waals surface area contributed by atoms with Gasteiger partial charge in [-0.3, -0.25) is 14.7 Å². The summed E-state index contributed by atoms with van der Waals surface area (Å²) in [6, 6.07) is 23.7. The molecule has 2 aliphatic heterocycles. The lowest BCUT2D eigenvalue weighted by atomic mass is 9.97. The van der Waals surface area contributed by atoms with E-state index in [4.69, 9.17) is 9.73 Å². The summed E-state index contributed by atoms with van der Waals surface area (Å²) < 4.78 is 5.27. The molecule has 0 aromatic heterocycles. The van der Waals surface area contributed by atoms with Crippen LogP contribution < -0.4 is 9.64 Å². The molecule has 132 valence electrons. The van der Waals surface area contributed by atoms with Gasteiger partial charge in [0, 0.05) is 12.0 Å². The predicted octanol–water partition coefficient (Wildman–Crippen LogP) is 4.92. The van der Waals surface area contributed by atoms with Crippen molar-refractivity contribution in [2.24, 2.45) is 4.99 Å². The molecule has 5 rings (SSSR count). The van der Waals surface area contributed by atoms with Crippen LogP contribution in [0.5, 0.6) is 5.75 Å². The summed E-state index contributed by atoms with van der Waals surface area (Å²) in [7, 11) is 1.66. The van der Waals surface area contributed by atoms with E-state index in [1.807, 2.05) is 71.6 Å². The SMILES string of the molecule is COc1ccc(C2=Nc3ccccc3N3C(=O)c4ccccc4C3C2)cc1. The number of anilines is 1. The number of amides is 1. The van der Waals surface area contributed by atoms with Crippen LogP contribution in [0.1, 0.15) is 33.9 Å². The van der Waals surface area contributed by atoms with Crippen LogP contribution in [0.15, 0.2) is 77.8 Å². The molecule has 1 atom stereocenters. The Morgan fingerprint density at radius 2 is 1.70 bits per heavy atom. The number of methoxy groups -OCH3 is 1. The molecule has 1 amide bonds. The summed E-state index contributed by atoms with van der Waals surface area (Å²) in [4.78, 5) is 20.0. The molecular weight excluding hydrogens is 336 g/mol. The number of carbonyl (C=O) groups excluding carboxylic acids is 1. The fraction of sp³-hybridized carbons (Fsp3) is 0.130.